The first-order valence-corrected chi connectivity index (χ1v) is 8.47. The predicted octanol–water partition coefficient (Wildman–Crippen LogP) is 2.67. The van der Waals surface area contributed by atoms with Crippen molar-refractivity contribution in [2.45, 2.75) is 6.92 Å². The van der Waals surface area contributed by atoms with E-state index in [2.05, 4.69) is 51.0 Å². The summed E-state index contributed by atoms with van der Waals surface area (Å²) in [6.07, 6.45) is 3.42. The van der Waals surface area contributed by atoms with Gasteiger partial charge in [-0.15, -0.1) is 0 Å². The summed E-state index contributed by atoms with van der Waals surface area (Å²) in [5, 5.41) is 1.22. The Morgan fingerprint density at radius 3 is 2.36 bits per heavy atom. The molecule has 0 amide bonds. The highest BCUT2D eigenvalue weighted by Gasteiger charge is 2.20. The van der Waals surface area contributed by atoms with Crippen molar-refractivity contribution < 1.29 is 4.74 Å². The molecule has 1 saturated heterocycles. The molecule has 6 nitrogen and oxygen atoms in total. The molecule has 2 aromatic heterocycles. The van der Waals surface area contributed by atoms with Crippen molar-refractivity contribution in [2.75, 3.05) is 43.1 Å². The van der Waals surface area contributed by atoms with Crippen LogP contribution in [0.5, 0.6) is 5.75 Å². The second-order valence-corrected chi connectivity index (χ2v) is 6.21. The summed E-state index contributed by atoms with van der Waals surface area (Å²) in [5.41, 5.74) is 2.32. The third-order valence-corrected chi connectivity index (χ3v) is 4.65. The van der Waals surface area contributed by atoms with Crippen molar-refractivity contribution in [3.63, 3.8) is 0 Å². The standard InChI is InChI=1S/C19H21N5O/c1-14-11-18(22-17-6-4-3-5-16(14)17)23-7-9-24(10-8-23)19-20-12-15(25-2)13-21-19/h3-6,11-13H,7-10H2,1-2H3. The summed E-state index contributed by atoms with van der Waals surface area (Å²) in [4.78, 5) is 18.1. The van der Waals surface area contributed by atoms with Crippen LogP contribution in [0.3, 0.4) is 0 Å². The number of methoxy groups -OCH3 is 1. The lowest BCUT2D eigenvalue weighted by Crippen LogP contribution is -2.47. The number of aromatic nitrogens is 3. The first-order valence-electron chi connectivity index (χ1n) is 8.47. The Kier molecular flexibility index (Phi) is 4.09. The van der Waals surface area contributed by atoms with Gasteiger partial charge in [0.15, 0.2) is 5.75 Å². The number of pyridine rings is 1. The van der Waals surface area contributed by atoms with Crippen molar-refractivity contribution in [3.05, 3.63) is 48.3 Å². The highest BCUT2D eigenvalue weighted by Crippen LogP contribution is 2.23. The van der Waals surface area contributed by atoms with Crippen LogP contribution in [-0.4, -0.2) is 48.2 Å². The lowest BCUT2D eigenvalue weighted by atomic mass is 10.1. The maximum Gasteiger partial charge on any atom is 0.225 e. The number of piperazine rings is 1. The topological polar surface area (TPSA) is 54.4 Å². The molecular formula is C19H21N5O. The van der Waals surface area contributed by atoms with E-state index in [-0.39, 0.29) is 0 Å². The smallest absolute Gasteiger partial charge is 0.225 e. The normalized spacial score (nSPS) is 14.8. The van der Waals surface area contributed by atoms with Crippen LogP contribution < -0.4 is 14.5 Å². The molecule has 1 aliphatic rings. The van der Waals surface area contributed by atoms with Crippen molar-refractivity contribution in [1.29, 1.82) is 0 Å². The van der Waals surface area contributed by atoms with Gasteiger partial charge in [0, 0.05) is 31.6 Å². The molecule has 0 unspecified atom stereocenters. The van der Waals surface area contributed by atoms with E-state index in [1.165, 1.54) is 10.9 Å². The van der Waals surface area contributed by atoms with E-state index >= 15 is 0 Å². The lowest BCUT2D eigenvalue weighted by molar-refractivity contribution is 0.410. The van der Waals surface area contributed by atoms with Crippen LogP contribution in [0.4, 0.5) is 11.8 Å². The number of aryl methyl sites for hydroxylation is 1. The fourth-order valence-electron chi connectivity index (χ4n) is 3.21. The number of para-hydroxylation sites is 1. The highest BCUT2D eigenvalue weighted by molar-refractivity contribution is 5.83. The Hall–Kier alpha value is -2.89. The molecule has 0 saturated carbocycles. The van der Waals surface area contributed by atoms with E-state index in [4.69, 9.17) is 9.72 Å². The fraction of sp³-hybridized carbons (Fsp3) is 0.316. The maximum absolute atomic E-state index is 5.12. The molecule has 0 spiro atoms. The van der Waals surface area contributed by atoms with Crippen molar-refractivity contribution >= 4 is 22.7 Å². The van der Waals surface area contributed by atoms with E-state index in [0.717, 1.165) is 43.5 Å². The molecule has 0 N–H and O–H groups in total. The average Bonchev–Trinajstić information content (AvgIpc) is 2.68. The summed E-state index contributed by atoms with van der Waals surface area (Å²) < 4.78 is 5.12. The minimum absolute atomic E-state index is 0.679. The zero-order chi connectivity index (χ0) is 17.2. The summed E-state index contributed by atoms with van der Waals surface area (Å²) in [6.45, 7) is 5.70. The Bertz CT molecular complexity index is 873. The average molecular weight is 335 g/mol. The molecule has 128 valence electrons. The second kappa shape index (κ2) is 6.55. The summed E-state index contributed by atoms with van der Waals surface area (Å²) >= 11 is 0. The number of rotatable bonds is 3. The highest BCUT2D eigenvalue weighted by atomic mass is 16.5. The summed E-state index contributed by atoms with van der Waals surface area (Å²) in [6, 6.07) is 10.5. The van der Waals surface area contributed by atoms with Crippen molar-refractivity contribution in [1.82, 2.24) is 15.0 Å². The molecule has 0 radical (unpaired) electrons. The molecule has 4 rings (SSSR count). The zero-order valence-corrected chi connectivity index (χ0v) is 14.5. The van der Waals surface area contributed by atoms with Gasteiger partial charge < -0.3 is 14.5 Å². The predicted molar refractivity (Wildman–Crippen MR) is 99.5 cm³/mol. The van der Waals surface area contributed by atoms with E-state index in [1.807, 2.05) is 6.07 Å². The molecule has 1 fully saturated rings. The number of hydrogen-bond donors (Lipinski definition) is 0. The quantitative estimate of drug-likeness (QED) is 0.733. The van der Waals surface area contributed by atoms with Crippen LogP contribution in [0.15, 0.2) is 42.7 Å². The molecule has 1 aromatic carbocycles. The van der Waals surface area contributed by atoms with E-state index in [0.29, 0.717) is 5.75 Å². The number of benzene rings is 1. The Morgan fingerprint density at radius 2 is 1.64 bits per heavy atom. The van der Waals surface area contributed by atoms with Gasteiger partial charge >= 0.3 is 0 Å². The van der Waals surface area contributed by atoms with E-state index in [1.54, 1.807) is 19.5 Å². The van der Waals surface area contributed by atoms with Gasteiger partial charge in [-0.3, -0.25) is 0 Å². The summed E-state index contributed by atoms with van der Waals surface area (Å²) in [7, 11) is 1.62. The molecule has 0 aliphatic carbocycles. The van der Waals surface area contributed by atoms with Crippen LogP contribution in [0, 0.1) is 6.92 Å². The fourth-order valence-corrected chi connectivity index (χ4v) is 3.21. The molecule has 0 atom stereocenters. The molecular weight excluding hydrogens is 314 g/mol. The minimum Gasteiger partial charge on any atom is -0.494 e. The van der Waals surface area contributed by atoms with Gasteiger partial charge in [-0.2, -0.15) is 0 Å². The summed E-state index contributed by atoms with van der Waals surface area (Å²) in [5.74, 6) is 2.48. The Morgan fingerprint density at radius 1 is 0.960 bits per heavy atom. The lowest BCUT2D eigenvalue weighted by Gasteiger charge is -2.35. The van der Waals surface area contributed by atoms with E-state index in [9.17, 15) is 0 Å². The minimum atomic E-state index is 0.679. The first kappa shape index (κ1) is 15.6. The van der Waals surface area contributed by atoms with Crippen LogP contribution in [-0.2, 0) is 0 Å². The number of hydrogen-bond acceptors (Lipinski definition) is 6. The number of ether oxygens (including phenoxy) is 1. The largest absolute Gasteiger partial charge is 0.494 e. The monoisotopic (exact) mass is 335 g/mol. The van der Waals surface area contributed by atoms with Crippen LogP contribution >= 0.6 is 0 Å². The van der Waals surface area contributed by atoms with Crippen LogP contribution in [0.1, 0.15) is 5.56 Å². The van der Waals surface area contributed by atoms with Crippen LogP contribution in [0.25, 0.3) is 10.9 Å². The second-order valence-electron chi connectivity index (χ2n) is 6.21. The first-order chi connectivity index (χ1) is 12.2. The number of nitrogens with zero attached hydrogens (tertiary/aromatic N) is 5. The molecule has 6 heteroatoms. The van der Waals surface area contributed by atoms with Crippen molar-refractivity contribution in [3.8, 4) is 5.75 Å². The number of fused-ring (bicyclic) bond motifs is 1. The molecule has 3 aromatic rings. The van der Waals surface area contributed by atoms with Gasteiger partial charge in [0.25, 0.3) is 0 Å². The Labute approximate surface area is 147 Å². The van der Waals surface area contributed by atoms with Gasteiger partial charge in [0.2, 0.25) is 5.95 Å². The van der Waals surface area contributed by atoms with Gasteiger partial charge in [-0.1, -0.05) is 18.2 Å². The Balaban J connectivity index is 1.49. The third kappa shape index (κ3) is 3.07. The maximum atomic E-state index is 5.12. The van der Waals surface area contributed by atoms with Gasteiger partial charge in [-0.25, -0.2) is 15.0 Å². The molecule has 3 heterocycles. The van der Waals surface area contributed by atoms with E-state index < -0.39 is 0 Å². The van der Waals surface area contributed by atoms with Crippen LogP contribution in [0.2, 0.25) is 0 Å². The third-order valence-electron chi connectivity index (χ3n) is 4.65. The van der Waals surface area contributed by atoms with Crippen molar-refractivity contribution in [2.24, 2.45) is 0 Å². The van der Waals surface area contributed by atoms with Gasteiger partial charge in [-0.05, 0) is 24.6 Å². The van der Waals surface area contributed by atoms with Gasteiger partial charge in [0.1, 0.15) is 5.82 Å². The molecule has 1 aliphatic heterocycles. The SMILES string of the molecule is COc1cnc(N2CCN(c3cc(C)c4ccccc4n3)CC2)nc1. The zero-order valence-electron chi connectivity index (χ0n) is 14.5. The number of anilines is 2. The molecule has 0 bridgehead atoms. The molecule has 25 heavy (non-hydrogen) atoms. The van der Waals surface area contributed by atoms with Gasteiger partial charge in [0.05, 0.1) is 25.0 Å².